The lowest BCUT2D eigenvalue weighted by molar-refractivity contribution is 0.632. The van der Waals surface area contributed by atoms with E-state index < -0.39 is 0 Å². The highest BCUT2D eigenvalue weighted by molar-refractivity contribution is 7.11. The first-order chi connectivity index (χ1) is 6.83. The van der Waals surface area contributed by atoms with Gasteiger partial charge in [0.15, 0.2) is 0 Å². The van der Waals surface area contributed by atoms with Crippen molar-refractivity contribution in [3.63, 3.8) is 0 Å². The molecule has 1 rings (SSSR count). The van der Waals surface area contributed by atoms with Gasteiger partial charge in [-0.3, -0.25) is 0 Å². The highest BCUT2D eigenvalue weighted by atomic mass is 32.1. The number of nitrogens with zero attached hydrogens (tertiary/aromatic N) is 2. The summed E-state index contributed by atoms with van der Waals surface area (Å²) in [6.45, 7) is 3.90. The molecule has 4 heteroatoms. The van der Waals surface area contributed by atoms with Crippen LogP contribution in [0.2, 0.25) is 0 Å². The van der Waals surface area contributed by atoms with Gasteiger partial charge in [-0.15, -0.1) is 11.3 Å². The summed E-state index contributed by atoms with van der Waals surface area (Å²) in [6, 6.07) is 2.14. The molecular formula is C10H15N3S. The summed E-state index contributed by atoms with van der Waals surface area (Å²) in [7, 11) is 0. The molecule has 0 aromatic carbocycles. The van der Waals surface area contributed by atoms with Crippen molar-refractivity contribution in [1.82, 2.24) is 10.3 Å². The second-order valence-electron chi connectivity index (χ2n) is 3.14. The minimum Gasteiger partial charge on any atom is -0.312 e. The second-order valence-corrected chi connectivity index (χ2v) is 4.46. The smallest absolute Gasteiger partial charge is 0.0897 e. The first-order valence-corrected chi connectivity index (χ1v) is 5.63. The van der Waals surface area contributed by atoms with Crippen molar-refractivity contribution in [3.05, 3.63) is 16.1 Å². The monoisotopic (exact) mass is 209 g/mol. The van der Waals surface area contributed by atoms with Crippen LogP contribution in [-0.2, 0) is 6.54 Å². The number of rotatable bonds is 6. The van der Waals surface area contributed by atoms with Crippen LogP contribution < -0.4 is 5.32 Å². The molecule has 0 spiro atoms. The van der Waals surface area contributed by atoms with E-state index >= 15 is 0 Å². The molecular weight excluding hydrogens is 194 g/mol. The quantitative estimate of drug-likeness (QED) is 0.731. The molecule has 14 heavy (non-hydrogen) atoms. The van der Waals surface area contributed by atoms with Gasteiger partial charge in [-0.05, 0) is 26.3 Å². The third-order valence-electron chi connectivity index (χ3n) is 1.86. The number of nitrogens with one attached hydrogen (secondary N) is 1. The predicted molar refractivity (Wildman–Crippen MR) is 58.0 cm³/mol. The van der Waals surface area contributed by atoms with E-state index in [0.29, 0.717) is 6.42 Å². The lowest BCUT2D eigenvalue weighted by Gasteiger charge is -2.00. The lowest BCUT2D eigenvalue weighted by atomic mass is 10.2. The molecule has 1 heterocycles. The number of aryl methyl sites for hydroxylation is 1. The molecule has 0 radical (unpaired) electrons. The molecule has 0 aliphatic heterocycles. The lowest BCUT2D eigenvalue weighted by Crippen LogP contribution is -2.13. The van der Waals surface area contributed by atoms with E-state index in [4.69, 9.17) is 5.26 Å². The molecule has 0 aliphatic rings. The molecule has 0 atom stereocenters. The van der Waals surface area contributed by atoms with Gasteiger partial charge < -0.3 is 5.32 Å². The van der Waals surface area contributed by atoms with Crippen LogP contribution >= 0.6 is 11.3 Å². The first-order valence-electron chi connectivity index (χ1n) is 4.82. The van der Waals surface area contributed by atoms with E-state index in [1.54, 1.807) is 11.3 Å². The van der Waals surface area contributed by atoms with E-state index in [0.717, 1.165) is 30.9 Å². The largest absolute Gasteiger partial charge is 0.312 e. The fraction of sp³-hybridized carbons (Fsp3) is 0.600. The molecule has 1 aromatic rings. The maximum atomic E-state index is 8.33. The summed E-state index contributed by atoms with van der Waals surface area (Å²) in [4.78, 5) is 5.46. The highest BCUT2D eigenvalue weighted by Gasteiger charge is 1.96. The average Bonchev–Trinajstić information content (AvgIpc) is 2.58. The third-order valence-corrected chi connectivity index (χ3v) is 2.77. The van der Waals surface area contributed by atoms with E-state index in [1.807, 2.05) is 13.1 Å². The number of hydrogen-bond acceptors (Lipinski definition) is 4. The van der Waals surface area contributed by atoms with E-state index in [-0.39, 0.29) is 0 Å². The maximum absolute atomic E-state index is 8.33. The molecule has 0 unspecified atom stereocenters. The Balaban J connectivity index is 2.02. The second kappa shape index (κ2) is 6.52. The van der Waals surface area contributed by atoms with Crippen molar-refractivity contribution < 1.29 is 0 Å². The van der Waals surface area contributed by atoms with Gasteiger partial charge in [-0.1, -0.05) is 0 Å². The normalized spacial score (nSPS) is 10.0. The summed E-state index contributed by atoms with van der Waals surface area (Å²) in [5.74, 6) is 0. The fourth-order valence-corrected chi connectivity index (χ4v) is 1.92. The predicted octanol–water partition coefficient (Wildman–Crippen LogP) is 2.24. The summed E-state index contributed by atoms with van der Waals surface area (Å²) in [5, 5.41) is 12.8. The van der Waals surface area contributed by atoms with Crippen LogP contribution in [0.15, 0.2) is 6.20 Å². The first kappa shape index (κ1) is 11.2. The van der Waals surface area contributed by atoms with Gasteiger partial charge in [0.05, 0.1) is 11.1 Å². The van der Waals surface area contributed by atoms with Crippen LogP contribution in [0.4, 0.5) is 0 Å². The van der Waals surface area contributed by atoms with E-state index in [9.17, 15) is 0 Å². The Morgan fingerprint density at radius 3 is 3.07 bits per heavy atom. The Bertz CT molecular complexity index is 301. The highest BCUT2D eigenvalue weighted by Crippen LogP contribution is 2.10. The maximum Gasteiger partial charge on any atom is 0.0897 e. The zero-order valence-corrected chi connectivity index (χ0v) is 9.23. The molecule has 0 saturated carbocycles. The van der Waals surface area contributed by atoms with Gasteiger partial charge in [0.1, 0.15) is 0 Å². The molecule has 76 valence electrons. The van der Waals surface area contributed by atoms with Gasteiger partial charge in [0.2, 0.25) is 0 Å². The number of aromatic nitrogens is 1. The number of nitriles is 1. The van der Waals surface area contributed by atoms with Crippen molar-refractivity contribution >= 4 is 11.3 Å². The average molecular weight is 209 g/mol. The Hall–Kier alpha value is -0.920. The van der Waals surface area contributed by atoms with Crippen LogP contribution in [0, 0.1) is 18.3 Å². The SMILES string of the molecule is Cc1ncc(CNCCCCC#N)s1. The van der Waals surface area contributed by atoms with Crippen LogP contribution in [0.1, 0.15) is 29.1 Å². The molecule has 0 aliphatic carbocycles. The molecule has 0 bridgehead atoms. The zero-order valence-electron chi connectivity index (χ0n) is 8.42. The summed E-state index contributed by atoms with van der Waals surface area (Å²) in [5.41, 5.74) is 0. The van der Waals surface area contributed by atoms with E-state index in [1.165, 1.54) is 4.88 Å². The third kappa shape index (κ3) is 4.35. The van der Waals surface area contributed by atoms with Gasteiger partial charge in [-0.25, -0.2) is 4.98 Å². The van der Waals surface area contributed by atoms with Crippen LogP contribution in [-0.4, -0.2) is 11.5 Å². The minimum absolute atomic E-state index is 0.668. The van der Waals surface area contributed by atoms with Crippen molar-refractivity contribution in [2.45, 2.75) is 32.7 Å². The van der Waals surface area contributed by atoms with Crippen LogP contribution in [0.25, 0.3) is 0 Å². The van der Waals surface area contributed by atoms with Crippen molar-refractivity contribution in [2.75, 3.05) is 6.54 Å². The molecule has 1 N–H and O–H groups in total. The number of unbranched alkanes of at least 4 members (excludes halogenated alkanes) is 2. The Morgan fingerprint density at radius 1 is 1.57 bits per heavy atom. The van der Waals surface area contributed by atoms with Gasteiger partial charge >= 0.3 is 0 Å². The molecule has 1 aromatic heterocycles. The summed E-state index contributed by atoms with van der Waals surface area (Å²) >= 11 is 1.73. The van der Waals surface area contributed by atoms with Gasteiger partial charge in [0, 0.05) is 24.0 Å². The summed E-state index contributed by atoms with van der Waals surface area (Å²) < 4.78 is 0. The Morgan fingerprint density at radius 2 is 2.43 bits per heavy atom. The molecule has 3 nitrogen and oxygen atoms in total. The Kier molecular flexibility index (Phi) is 5.20. The number of thiazole rings is 1. The van der Waals surface area contributed by atoms with Crippen LogP contribution in [0.3, 0.4) is 0 Å². The molecule has 0 fully saturated rings. The summed E-state index contributed by atoms with van der Waals surface area (Å²) in [6.07, 6.45) is 4.65. The van der Waals surface area contributed by atoms with Crippen LogP contribution in [0.5, 0.6) is 0 Å². The minimum atomic E-state index is 0.668. The molecule has 0 saturated heterocycles. The standard InChI is InChI=1S/C10H15N3S/c1-9-13-8-10(14-9)7-12-6-4-2-3-5-11/h8,12H,2-4,6-7H2,1H3. The zero-order chi connectivity index (χ0) is 10.2. The topological polar surface area (TPSA) is 48.7 Å². The molecule has 0 amide bonds. The van der Waals surface area contributed by atoms with Gasteiger partial charge in [0.25, 0.3) is 0 Å². The fourth-order valence-electron chi connectivity index (χ4n) is 1.15. The Labute approximate surface area is 88.8 Å². The number of hydrogen-bond donors (Lipinski definition) is 1. The van der Waals surface area contributed by atoms with Crippen molar-refractivity contribution in [2.24, 2.45) is 0 Å². The van der Waals surface area contributed by atoms with Crippen molar-refractivity contribution in [3.8, 4) is 6.07 Å². The van der Waals surface area contributed by atoms with Gasteiger partial charge in [-0.2, -0.15) is 5.26 Å². The van der Waals surface area contributed by atoms with Crippen molar-refractivity contribution in [1.29, 1.82) is 5.26 Å². The van der Waals surface area contributed by atoms with E-state index in [2.05, 4.69) is 16.4 Å².